The Balaban J connectivity index is 0.000000770. The maximum atomic E-state index is 3.39. The number of rotatable bonds is 4. The molecular formula is C15H34N2. The van der Waals surface area contributed by atoms with Crippen LogP contribution in [0.4, 0.5) is 0 Å². The molecule has 2 nitrogen and oxygen atoms in total. The van der Waals surface area contributed by atoms with Crippen LogP contribution in [0.25, 0.3) is 0 Å². The molecule has 0 amide bonds. The van der Waals surface area contributed by atoms with Crippen molar-refractivity contribution in [2.24, 2.45) is 5.92 Å². The first-order valence-corrected chi connectivity index (χ1v) is 7.42. The fourth-order valence-corrected chi connectivity index (χ4v) is 2.53. The van der Waals surface area contributed by atoms with Crippen LogP contribution in [0.3, 0.4) is 0 Å². The first-order chi connectivity index (χ1) is 8.04. The summed E-state index contributed by atoms with van der Waals surface area (Å²) in [6, 6.07) is 1.61. The van der Waals surface area contributed by atoms with Crippen LogP contribution in [0.2, 0.25) is 0 Å². The van der Waals surface area contributed by atoms with Gasteiger partial charge in [0.1, 0.15) is 0 Å². The molecule has 2 heteroatoms. The lowest BCUT2D eigenvalue weighted by Gasteiger charge is -2.35. The van der Waals surface area contributed by atoms with E-state index in [0.29, 0.717) is 0 Å². The minimum Gasteiger partial charge on any atom is -0.317 e. The highest BCUT2D eigenvalue weighted by Crippen LogP contribution is 2.22. The first-order valence-electron chi connectivity index (χ1n) is 7.42. The first kappa shape index (κ1) is 16.9. The van der Waals surface area contributed by atoms with E-state index < -0.39 is 0 Å². The average molecular weight is 242 g/mol. The van der Waals surface area contributed by atoms with Gasteiger partial charge >= 0.3 is 0 Å². The zero-order valence-corrected chi connectivity index (χ0v) is 12.9. The Morgan fingerprint density at radius 3 is 1.94 bits per heavy atom. The van der Waals surface area contributed by atoms with Crippen molar-refractivity contribution in [1.29, 1.82) is 0 Å². The van der Waals surface area contributed by atoms with Crippen LogP contribution in [0.1, 0.15) is 59.8 Å². The fraction of sp³-hybridized carbons (Fsp3) is 1.00. The van der Waals surface area contributed by atoms with E-state index in [2.05, 4.69) is 52.0 Å². The smallest absolute Gasteiger partial charge is 0.00934 e. The Labute approximate surface area is 109 Å². The maximum absolute atomic E-state index is 3.39. The molecular weight excluding hydrogens is 208 g/mol. The van der Waals surface area contributed by atoms with Crippen molar-refractivity contribution < 1.29 is 0 Å². The Bertz CT molecular complexity index is 160. The molecule has 1 aliphatic rings. The molecule has 0 aliphatic heterocycles. The summed E-state index contributed by atoms with van der Waals surface area (Å²) in [6.07, 6.45) is 6.69. The average Bonchev–Trinajstić information content (AvgIpc) is 2.29. The number of nitrogens with zero attached hydrogens (tertiary/aromatic N) is 1. The SMILES string of the molecule is CCC.CNC1CCC(N(C)CC(C)C)CC1. The lowest BCUT2D eigenvalue weighted by Crippen LogP contribution is -2.41. The van der Waals surface area contributed by atoms with Crippen molar-refractivity contribution >= 4 is 0 Å². The summed E-state index contributed by atoms with van der Waals surface area (Å²) >= 11 is 0. The molecule has 0 spiro atoms. The van der Waals surface area contributed by atoms with Gasteiger partial charge in [-0.1, -0.05) is 34.1 Å². The molecule has 0 unspecified atom stereocenters. The molecule has 0 aromatic carbocycles. The third kappa shape index (κ3) is 7.77. The van der Waals surface area contributed by atoms with Gasteiger partial charge in [0.05, 0.1) is 0 Å². The topological polar surface area (TPSA) is 15.3 Å². The molecule has 1 aliphatic carbocycles. The summed E-state index contributed by atoms with van der Waals surface area (Å²) in [6.45, 7) is 10.1. The Morgan fingerprint density at radius 1 is 1.12 bits per heavy atom. The van der Waals surface area contributed by atoms with Crippen molar-refractivity contribution in [3.05, 3.63) is 0 Å². The summed E-state index contributed by atoms with van der Waals surface area (Å²) in [5.41, 5.74) is 0. The summed E-state index contributed by atoms with van der Waals surface area (Å²) in [4.78, 5) is 2.55. The van der Waals surface area contributed by atoms with E-state index in [9.17, 15) is 0 Å². The molecule has 0 heterocycles. The number of hydrogen-bond donors (Lipinski definition) is 1. The quantitative estimate of drug-likeness (QED) is 0.811. The lowest BCUT2D eigenvalue weighted by molar-refractivity contribution is 0.161. The van der Waals surface area contributed by atoms with Gasteiger partial charge < -0.3 is 10.2 Å². The van der Waals surface area contributed by atoms with E-state index in [1.165, 1.54) is 38.6 Å². The van der Waals surface area contributed by atoms with Crippen LogP contribution in [0, 0.1) is 5.92 Å². The van der Waals surface area contributed by atoms with E-state index in [1.54, 1.807) is 0 Å². The second-order valence-corrected chi connectivity index (χ2v) is 5.83. The Morgan fingerprint density at radius 2 is 1.59 bits per heavy atom. The highest BCUT2D eigenvalue weighted by molar-refractivity contribution is 4.81. The zero-order valence-electron chi connectivity index (χ0n) is 12.9. The molecule has 17 heavy (non-hydrogen) atoms. The summed E-state index contributed by atoms with van der Waals surface area (Å²) < 4.78 is 0. The third-order valence-corrected chi connectivity index (χ3v) is 3.38. The maximum Gasteiger partial charge on any atom is 0.00934 e. The van der Waals surface area contributed by atoms with Gasteiger partial charge in [-0.05, 0) is 45.7 Å². The highest BCUT2D eigenvalue weighted by atomic mass is 15.1. The monoisotopic (exact) mass is 242 g/mol. The molecule has 0 atom stereocenters. The van der Waals surface area contributed by atoms with Crippen molar-refractivity contribution in [2.75, 3.05) is 20.6 Å². The minimum absolute atomic E-state index is 0.777. The van der Waals surface area contributed by atoms with Gasteiger partial charge in [0, 0.05) is 18.6 Å². The summed E-state index contributed by atoms with van der Waals surface area (Å²) in [7, 11) is 4.37. The van der Waals surface area contributed by atoms with E-state index in [1.807, 2.05) is 0 Å². The highest BCUT2D eigenvalue weighted by Gasteiger charge is 2.22. The molecule has 1 fully saturated rings. The van der Waals surface area contributed by atoms with Crippen LogP contribution < -0.4 is 5.32 Å². The molecule has 0 radical (unpaired) electrons. The Kier molecular flexibility index (Phi) is 9.85. The van der Waals surface area contributed by atoms with E-state index in [0.717, 1.165) is 18.0 Å². The van der Waals surface area contributed by atoms with Crippen LogP contribution in [-0.2, 0) is 0 Å². The number of hydrogen-bond acceptors (Lipinski definition) is 2. The minimum atomic E-state index is 0.777. The van der Waals surface area contributed by atoms with Gasteiger partial charge in [0.15, 0.2) is 0 Å². The molecule has 0 bridgehead atoms. The van der Waals surface area contributed by atoms with Gasteiger partial charge in [-0.2, -0.15) is 0 Å². The summed E-state index contributed by atoms with van der Waals surface area (Å²) in [5.74, 6) is 0.794. The van der Waals surface area contributed by atoms with Crippen LogP contribution in [0.5, 0.6) is 0 Å². The van der Waals surface area contributed by atoms with Crippen LogP contribution in [0.15, 0.2) is 0 Å². The number of nitrogens with one attached hydrogen (secondary N) is 1. The predicted octanol–water partition coefficient (Wildman–Crippen LogP) is 3.52. The van der Waals surface area contributed by atoms with Crippen molar-refractivity contribution in [2.45, 2.75) is 71.9 Å². The fourth-order valence-electron chi connectivity index (χ4n) is 2.53. The van der Waals surface area contributed by atoms with Gasteiger partial charge in [-0.3, -0.25) is 0 Å². The standard InChI is InChI=1S/C12H26N2.C3H8/c1-10(2)9-14(4)12-7-5-11(13-3)6-8-12;1-3-2/h10-13H,5-9H2,1-4H3;3H2,1-2H3. The van der Waals surface area contributed by atoms with Crippen molar-refractivity contribution in [1.82, 2.24) is 10.2 Å². The molecule has 0 aromatic rings. The van der Waals surface area contributed by atoms with E-state index in [-0.39, 0.29) is 0 Å². The van der Waals surface area contributed by atoms with Gasteiger partial charge in [0.2, 0.25) is 0 Å². The van der Waals surface area contributed by atoms with Crippen LogP contribution in [-0.4, -0.2) is 37.6 Å². The van der Waals surface area contributed by atoms with Gasteiger partial charge in [-0.15, -0.1) is 0 Å². The molecule has 0 aromatic heterocycles. The molecule has 0 saturated heterocycles. The molecule has 104 valence electrons. The molecule has 1 saturated carbocycles. The summed E-state index contributed by atoms with van der Waals surface area (Å²) in [5, 5.41) is 3.39. The molecule has 1 N–H and O–H groups in total. The normalized spacial score (nSPS) is 24.7. The van der Waals surface area contributed by atoms with Crippen LogP contribution >= 0.6 is 0 Å². The van der Waals surface area contributed by atoms with Crippen molar-refractivity contribution in [3.63, 3.8) is 0 Å². The lowest BCUT2D eigenvalue weighted by atomic mass is 9.90. The molecule has 1 rings (SSSR count). The van der Waals surface area contributed by atoms with E-state index in [4.69, 9.17) is 0 Å². The second-order valence-electron chi connectivity index (χ2n) is 5.83. The second kappa shape index (κ2) is 9.90. The zero-order chi connectivity index (χ0) is 13.3. The van der Waals surface area contributed by atoms with Gasteiger partial charge in [-0.25, -0.2) is 0 Å². The van der Waals surface area contributed by atoms with Crippen molar-refractivity contribution in [3.8, 4) is 0 Å². The van der Waals surface area contributed by atoms with E-state index >= 15 is 0 Å². The predicted molar refractivity (Wildman–Crippen MR) is 78.5 cm³/mol. The van der Waals surface area contributed by atoms with Gasteiger partial charge in [0.25, 0.3) is 0 Å². The largest absolute Gasteiger partial charge is 0.317 e. The third-order valence-electron chi connectivity index (χ3n) is 3.38. The Hall–Kier alpha value is -0.0800.